The summed E-state index contributed by atoms with van der Waals surface area (Å²) in [6.07, 6.45) is 9.18. The Morgan fingerprint density at radius 1 is 1.21 bits per heavy atom. The molecule has 2 aromatic heterocycles. The normalized spacial score (nSPS) is 16.6. The fourth-order valence-corrected chi connectivity index (χ4v) is 3.06. The minimum Gasteiger partial charge on any atom is -0.368 e. The number of piperidine rings is 1. The van der Waals surface area contributed by atoms with Gasteiger partial charge in [-0.1, -0.05) is 13.8 Å². The third-order valence-corrected chi connectivity index (χ3v) is 4.72. The quantitative estimate of drug-likeness (QED) is 0.847. The number of imidazole rings is 1. The zero-order valence-corrected chi connectivity index (χ0v) is 14.7. The van der Waals surface area contributed by atoms with Crippen molar-refractivity contribution in [3.05, 3.63) is 30.9 Å². The monoisotopic (exact) mass is 328 g/mol. The molecule has 0 amide bonds. The van der Waals surface area contributed by atoms with Gasteiger partial charge in [0, 0.05) is 18.9 Å². The lowest BCUT2D eigenvalue weighted by molar-refractivity contribution is 0.181. The van der Waals surface area contributed by atoms with E-state index >= 15 is 0 Å². The molecule has 1 aliphatic rings. The van der Waals surface area contributed by atoms with E-state index in [4.69, 9.17) is 0 Å². The van der Waals surface area contributed by atoms with Crippen molar-refractivity contribution in [2.45, 2.75) is 33.1 Å². The van der Waals surface area contributed by atoms with Crippen LogP contribution in [0.1, 0.15) is 33.1 Å². The molecule has 24 heavy (non-hydrogen) atoms. The maximum atomic E-state index is 4.26. The summed E-state index contributed by atoms with van der Waals surface area (Å²) >= 11 is 0. The zero-order chi connectivity index (χ0) is 16.8. The highest BCUT2D eigenvalue weighted by Crippen LogP contribution is 2.18. The molecule has 0 saturated carbocycles. The Kier molecular flexibility index (Phi) is 5.80. The van der Waals surface area contributed by atoms with Gasteiger partial charge in [-0.05, 0) is 62.9 Å². The highest BCUT2D eigenvalue weighted by Gasteiger charge is 2.19. The molecule has 0 radical (unpaired) electrons. The molecule has 1 saturated heterocycles. The van der Waals surface area contributed by atoms with Crippen LogP contribution in [0.15, 0.2) is 30.9 Å². The molecule has 2 aromatic rings. The van der Waals surface area contributed by atoms with Crippen LogP contribution in [0.4, 0.5) is 5.82 Å². The Bertz CT molecular complexity index is 584. The number of hydrogen-bond acceptors (Lipinski definition) is 5. The molecule has 0 aliphatic carbocycles. The van der Waals surface area contributed by atoms with Gasteiger partial charge in [-0.2, -0.15) is 0 Å². The third kappa shape index (κ3) is 4.77. The van der Waals surface area contributed by atoms with Crippen molar-refractivity contribution >= 4 is 5.82 Å². The van der Waals surface area contributed by atoms with E-state index in [1.165, 1.54) is 38.9 Å². The number of aromatic nitrogens is 4. The maximum Gasteiger partial charge on any atom is 0.160 e. The van der Waals surface area contributed by atoms with Crippen molar-refractivity contribution in [2.24, 2.45) is 11.8 Å². The molecule has 6 nitrogen and oxygen atoms in total. The largest absolute Gasteiger partial charge is 0.368 e. The summed E-state index contributed by atoms with van der Waals surface area (Å²) in [5.41, 5.74) is 0. The van der Waals surface area contributed by atoms with Crippen molar-refractivity contribution in [1.29, 1.82) is 0 Å². The SMILES string of the molecule is CC(C)CCN1CCC(CNc2ccc(-n3ccnc3)nn2)CC1. The Morgan fingerprint density at radius 3 is 2.67 bits per heavy atom. The second-order valence-electron chi connectivity index (χ2n) is 7.10. The molecular weight excluding hydrogens is 300 g/mol. The number of nitrogens with one attached hydrogen (secondary N) is 1. The van der Waals surface area contributed by atoms with Gasteiger partial charge in [0.1, 0.15) is 12.1 Å². The average Bonchev–Trinajstić information content (AvgIpc) is 3.14. The summed E-state index contributed by atoms with van der Waals surface area (Å²) in [7, 11) is 0. The van der Waals surface area contributed by atoms with Crippen LogP contribution in [0, 0.1) is 11.8 Å². The molecule has 1 aliphatic heterocycles. The van der Waals surface area contributed by atoms with Gasteiger partial charge >= 0.3 is 0 Å². The van der Waals surface area contributed by atoms with Crippen LogP contribution in [0.5, 0.6) is 0 Å². The minimum atomic E-state index is 0.732. The average molecular weight is 328 g/mol. The lowest BCUT2D eigenvalue weighted by atomic mass is 9.96. The van der Waals surface area contributed by atoms with Crippen LogP contribution in [0.3, 0.4) is 0 Å². The molecule has 0 spiro atoms. The highest BCUT2D eigenvalue weighted by molar-refractivity contribution is 5.36. The van der Waals surface area contributed by atoms with E-state index in [0.29, 0.717) is 0 Å². The first-order chi connectivity index (χ1) is 11.7. The fraction of sp³-hybridized carbons (Fsp3) is 0.611. The summed E-state index contributed by atoms with van der Waals surface area (Å²) in [6.45, 7) is 9.29. The van der Waals surface area contributed by atoms with Crippen LogP contribution < -0.4 is 5.32 Å². The lowest BCUT2D eigenvalue weighted by Gasteiger charge is -2.32. The van der Waals surface area contributed by atoms with E-state index in [2.05, 4.69) is 39.2 Å². The Morgan fingerprint density at radius 2 is 2.04 bits per heavy atom. The van der Waals surface area contributed by atoms with Crippen LogP contribution >= 0.6 is 0 Å². The van der Waals surface area contributed by atoms with E-state index in [1.807, 2.05) is 22.9 Å². The fourth-order valence-electron chi connectivity index (χ4n) is 3.06. The van der Waals surface area contributed by atoms with Crippen LogP contribution in [-0.2, 0) is 0 Å². The smallest absolute Gasteiger partial charge is 0.160 e. The summed E-state index contributed by atoms with van der Waals surface area (Å²) in [5, 5.41) is 11.9. The standard InChI is InChI=1S/C18H28N6/c1-15(2)5-9-23-10-6-16(7-11-23)13-20-17-3-4-18(22-21-17)24-12-8-19-14-24/h3-4,8,12,14-16H,5-7,9-11,13H2,1-2H3,(H,20,21). The first-order valence-corrected chi connectivity index (χ1v) is 8.99. The predicted molar refractivity (Wildman–Crippen MR) is 96.3 cm³/mol. The molecular formula is C18H28N6. The van der Waals surface area contributed by atoms with Gasteiger partial charge in [0.05, 0.1) is 0 Å². The summed E-state index contributed by atoms with van der Waals surface area (Å²) in [4.78, 5) is 6.63. The van der Waals surface area contributed by atoms with Crippen LogP contribution in [0.2, 0.25) is 0 Å². The number of rotatable bonds is 7. The number of hydrogen-bond donors (Lipinski definition) is 1. The molecule has 6 heteroatoms. The molecule has 0 aromatic carbocycles. The zero-order valence-electron chi connectivity index (χ0n) is 14.7. The van der Waals surface area contributed by atoms with E-state index in [-0.39, 0.29) is 0 Å². The van der Waals surface area contributed by atoms with E-state index < -0.39 is 0 Å². The second kappa shape index (κ2) is 8.24. The number of nitrogens with zero attached hydrogens (tertiary/aromatic N) is 5. The Balaban J connectivity index is 1.40. The van der Waals surface area contributed by atoms with Crippen LogP contribution in [0.25, 0.3) is 5.82 Å². The van der Waals surface area contributed by atoms with Gasteiger partial charge in [-0.3, -0.25) is 4.57 Å². The Labute approximate surface area is 144 Å². The molecule has 0 atom stereocenters. The maximum absolute atomic E-state index is 4.26. The topological polar surface area (TPSA) is 58.9 Å². The molecule has 3 rings (SSSR count). The predicted octanol–water partition coefficient (Wildman–Crippen LogP) is 2.83. The first kappa shape index (κ1) is 16.9. The highest BCUT2D eigenvalue weighted by atomic mass is 15.2. The van der Waals surface area contributed by atoms with Gasteiger partial charge in [-0.15, -0.1) is 10.2 Å². The molecule has 0 bridgehead atoms. The van der Waals surface area contributed by atoms with Gasteiger partial charge in [0.15, 0.2) is 5.82 Å². The first-order valence-electron chi connectivity index (χ1n) is 8.99. The van der Waals surface area contributed by atoms with Gasteiger partial charge < -0.3 is 10.2 Å². The lowest BCUT2D eigenvalue weighted by Crippen LogP contribution is -2.36. The van der Waals surface area contributed by atoms with E-state index in [9.17, 15) is 0 Å². The summed E-state index contributed by atoms with van der Waals surface area (Å²) in [5.74, 6) is 3.17. The third-order valence-electron chi connectivity index (χ3n) is 4.72. The van der Waals surface area contributed by atoms with Gasteiger partial charge in [-0.25, -0.2) is 4.98 Å². The van der Waals surface area contributed by atoms with Crippen molar-refractivity contribution in [1.82, 2.24) is 24.6 Å². The number of likely N-dealkylation sites (tertiary alicyclic amines) is 1. The van der Waals surface area contributed by atoms with Gasteiger partial charge in [0.25, 0.3) is 0 Å². The molecule has 1 N–H and O–H groups in total. The van der Waals surface area contributed by atoms with Crippen molar-refractivity contribution < 1.29 is 0 Å². The minimum absolute atomic E-state index is 0.732. The molecule has 0 unspecified atom stereocenters. The molecule has 1 fully saturated rings. The van der Waals surface area contributed by atoms with Crippen molar-refractivity contribution in [3.8, 4) is 5.82 Å². The molecule has 3 heterocycles. The van der Waals surface area contributed by atoms with Crippen LogP contribution in [-0.4, -0.2) is 50.8 Å². The van der Waals surface area contributed by atoms with Crippen molar-refractivity contribution in [2.75, 3.05) is 31.5 Å². The number of anilines is 1. The molecule has 130 valence electrons. The van der Waals surface area contributed by atoms with Crippen molar-refractivity contribution in [3.63, 3.8) is 0 Å². The van der Waals surface area contributed by atoms with Gasteiger partial charge in [0.2, 0.25) is 0 Å². The summed E-state index contributed by atoms with van der Waals surface area (Å²) < 4.78 is 1.85. The van der Waals surface area contributed by atoms with E-state index in [1.54, 1.807) is 12.5 Å². The second-order valence-corrected chi connectivity index (χ2v) is 7.10. The Hall–Kier alpha value is -1.95. The summed E-state index contributed by atoms with van der Waals surface area (Å²) in [6, 6.07) is 3.95. The van der Waals surface area contributed by atoms with E-state index in [0.717, 1.165) is 30.0 Å².